The van der Waals surface area contributed by atoms with Crippen LogP contribution in [0.15, 0.2) is 48.5 Å². The largest absolute Gasteiger partial charge is 0.482 e. The predicted molar refractivity (Wildman–Crippen MR) is 93.0 cm³/mol. The maximum atomic E-state index is 12.0. The van der Waals surface area contributed by atoms with Crippen LogP contribution in [-0.2, 0) is 14.3 Å². The molecule has 7 heteroatoms. The lowest BCUT2D eigenvalue weighted by molar-refractivity contribution is -0.155. The van der Waals surface area contributed by atoms with Crippen LogP contribution in [-0.4, -0.2) is 30.9 Å². The number of hydrogen-bond donors (Lipinski definition) is 1. The third kappa shape index (κ3) is 5.93. The van der Waals surface area contributed by atoms with Crippen molar-refractivity contribution in [1.82, 2.24) is 0 Å². The van der Waals surface area contributed by atoms with Gasteiger partial charge in [-0.3, -0.25) is 9.59 Å². The molecule has 0 aliphatic heterocycles. The summed E-state index contributed by atoms with van der Waals surface area (Å²) >= 11 is 5.77. The minimum absolute atomic E-state index is 0.348. The van der Waals surface area contributed by atoms with E-state index in [4.69, 9.17) is 21.1 Å². The Balaban J connectivity index is 1.79. The second-order valence-corrected chi connectivity index (χ2v) is 5.54. The highest BCUT2D eigenvalue weighted by molar-refractivity contribution is 6.30. The van der Waals surface area contributed by atoms with E-state index in [1.807, 2.05) is 0 Å². The summed E-state index contributed by atoms with van der Waals surface area (Å²) in [7, 11) is 0. The van der Waals surface area contributed by atoms with Crippen molar-refractivity contribution in [2.24, 2.45) is 0 Å². The minimum atomic E-state index is -0.982. The summed E-state index contributed by atoms with van der Waals surface area (Å²) in [5, 5.41) is 3.16. The van der Waals surface area contributed by atoms with E-state index in [0.29, 0.717) is 28.3 Å². The van der Waals surface area contributed by atoms with E-state index in [9.17, 15) is 14.4 Å². The lowest BCUT2D eigenvalue weighted by atomic mass is 10.2. The first-order valence-electron chi connectivity index (χ1n) is 7.42. The summed E-state index contributed by atoms with van der Waals surface area (Å²) < 4.78 is 10.3. The van der Waals surface area contributed by atoms with Gasteiger partial charge < -0.3 is 14.8 Å². The predicted octanol–water partition coefficient (Wildman–Crippen LogP) is 3.10. The summed E-state index contributed by atoms with van der Waals surface area (Å²) in [6, 6.07) is 12.8. The van der Waals surface area contributed by atoms with Crippen molar-refractivity contribution < 1.29 is 23.9 Å². The number of anilines is 1. The van der Waals surface area contributed by atoms with Crippen molar-refractivity contribution in [3.05, 3.63) is 59.1 Å². The van der Waals surface area contributed by atoms with Crippen LogP contribution in [0.3, 0.4) is 0 Å². The first-order valence-corrected chi connectivity index (χ1v) is 7.79. The second-order valence-electron chi connectivity index (χ2n) is 5.10. The third-order valence-electron chi connectivity index (χ3n) is 3.16. The summed E-state index contributed by atoms with van der Waals surface area (Å²) in [5.74, 6) is -0.731. The Morgan fingerprint density at radius 2 is 1.76 bits per heavy atom. The topological polar surface area (TPSA) is 81.7 Å². The SMILES string of the molecule is C[C@@H](OC(=O)COc1ccc(C=O)cc1)C(=O)Nc1ccc(Cl)cc1. The molecule has 0 aromatic heterocycles. The number of benzene rings is 2. The number of carbonyl (C=O) groups is 3. The van der Waals surface area contributed by atoms with Crippen molar-refractivity contribution >= 4 is 35.5 Å². The Hall–Kier alpha value is -2.86. The summed E-state index contributed by atoms with van der Waals surface area (Å²) in [4.78, 5) is 34.3. The smallest absolute Gasteiger partial charge is 0.344 e. The average molecular weight is 362 g/mol. The molecule has 2 rings (SSSR count). The Bertz CT molecular complexity index is 743. The number of aldehydes is 1. The molecule has 0 aliphatic rings. The van der Waals surface area contributed by atoms with Crippen molar-refractivity contribution in [1.29, 1.82) is 0 Å². The standard InChI is InChI=1S/C18H16ClNO5/c1-12(18(23)20-15-6-4-14(19)5-7-15)25-17(22)11-24-16-8-2-13(10-21)3-9-16/h2-10,12H,11H2,1H3,(H,20,23)/t12-/m1/s1. The quantitative estimate of drug-likeness (QED) is 0.605. The zero-order valence-electron chi connectivity index (χ0n) is 13.4. The molecule has 0 saturated heterocycles. The first-order chi connectivity index (χ1) is 12.0. The molecular formula is C18H16ClNO5. The van der Waals surface area contributed by atoms with Gasteiger partial charge in [-0.25, -0.2) is 4.79 Å². The van der Waals surface area contributed by atoms with Gasteiger partial charge in [0.2, 0.25) is 0 Å². The van der Waals surface area contributed by atoms with Gasteiger partial charge in [0, 0.05) is 16.3 Å². The van der Waals surface area contributed by atoms with E-state index in [1.54, 1.807) is 48.5 Å². The molecule has 1 atom stereocenters. The van der Waals surface area contributed by atoms with Gasteiger partial charge in [0.1, 0.15) is 12.0 Å². The number of nitrogens with one attached hydrogen (secondary N) is 1. The van der Waals surface area contributed by atoms with Crippen LogP contribution >= 0.6 is 11.6 Å². The third-order valence-corrected chi connectivity index (χ3v) is 3.41. The fourth-order valence-electron chi connectivity index (χ4n) is 1.85. The number of hydrogen-bond acceptors (Lipinski definition) is 5. The zero-order valence-corrected chi connectivity index (χ0v) is 14.2. The molecule has 0 saturated carbocycles. The highest BCUT2D eigenvalue weighted by atomic mass is 35.5. The Morgan fingerprint density at radius 3 is 2.36 bits per heavy atom. The van der Waals surface area contributed by atoms with Gasteiger partial charge in [0.15, 0.2) is 12.7 Å². The van der Waals surface area contributed by atoms with Crippen LogP contribution in [0, 0.1) is 0 Å². The molecule has 0 unspecified atom stereocenters. The fourth-order valence-corrected chi connectivity index (χ4v) is 1.97. The van der Waals surface area contributed by atoms with Crippen LogP contribution in [0.1, 0.15) is 17.3 Å². The van der Waals surface area contributed by atoms with Crippen LogP contribution in [0.2, 0.25) is 5.02 Å². The molecule has 130 valence electrons. The van der Waals surface area contributed by atoms with E-state index in [1.165, 1.54) is 6.92 Å². The average Bonchev–Trinajstić information content (AvgIpc) is 2.62. The van der Waals surface area contributed by atoms with Gasteiger partial charge in [-0.2, -0.15) is 0 Å². The lowest BCUT2D eigenvalue weighted by Crippen LogP contribution is -2.31. The van der Waals surface area contributed by atoms with Gasteiger partial charge in [0.05, 0.1) is 0 Å². The molecule has 0 spiro atoms. The van der Waals surface area contributed by atoms with E-state index < -0.39 is 18.0 Å². The first kappa shape index (κ1) is 18.5. The minimum Gasteiger partial charge on any atom is -0.482 e. The molecule has 1 N–H and O–H groups in total. The van der Waals surface area contributed by atoms with E-state index in [-0.39, 0.29) is 6.61 Å². The number of ether oxygens (including phenoxy) is 2. The van der Waals surface area contributed by atoms with Crippen LogP contribution in [0.5, 0.6) is 5.75 Å². The summed E-state index contributed by atoms with van der Waals surface area (Å²) in [5.41, 5.74) is 1.05. The highest BCUT2D eigenvalue weighted by Crippen LogP contribution is 2.14. The maximum Gasteiger partial charge on any atom is 0.344 e. The van der Waals surface area contributed by atoms with E-state index in [0.717, 1.165) is 0 Å². The molecule has 25 heavy (non-hydrogen) atoms. The highest BCUT2D eigenvalue weighted by Gasteiger charge is 2.18. The Morgan fingerprint density at radius 1 is 1.12 bits per heavy atom. The van der Waals surface area contributed by atoms with E-state index in [2.05, 4.69) is 5.32 Å². The van der Waals surface area contributed by atoms with Gasteiger partial charge in [-0.15, -0.1) is 0 Å². The molecule has 0 heterocycles. The van der Waals surface area contributed by atoms with Gasteiger partial charge in [-0.05, 0) is 55.5 Å². The molecule has 0 radical (unpaired) electrons. The molecule has 0 fully saturated rings. The van der Waals surface area contributed by atoms with E-state index >= 15 is 0 Å². The Labute approximate surface area is 149 Å². The number of halogens is 1. The van der Waals surface area contributed by atoms with Crippen molar-refractivity contribution in [3.63, 3.8) is 0 Å². The number of esters is 1. The molecule has 0 bridgehead atoms. The fraction of sp³-hybridized carbons (Fsp3) is 0.167. The van der Waals surface area contributed by atoms with Crippen LogP contribution < -0.4 is 10.1 Å². The molecule has 6 nitrogen and oxygen atoms in total. The van der Waals surface area contributed by atoms with Crippen LogP contribution in [0.25, 0.3) is 0 Å². The molecule has 1 amide bonds. The number of rotatable bonds is 7. The second kappa shape index (κ2) is 8.84. The molecule has 2 aromatic rings. The van der Waals surface area contributed by atoms with Gasteiger partial charge in [0.25, 0.3) is 5.91 Å². The van der Waals surface area contributed by atoms with Crippen molar-refractivity contribution in [3.8, 4) is 5.75 Å². The van der Waals surface area contributed by atoms with Gasteiger partial charge in [-0.1, -0.05) is 11.6 Å². The van der Waals surface area contributed by atoms with Crippen molar-refractivity contribution in [2.75, 3.05) is 11.9 Å². The van der Waals surface area contributed by atoms with Crippen LogP contribution in [0.4, 0.5) is 5.69 Å². The maximum absolute atomic E-state index is 12.0. The van der Waals surface area contributed by atoms with Gasteiger partial charge >= 0.3 is 5.97 Å². The Kier molecular flexibility index (Phi) is 6.54. The summed E-state index contributed by atoms with van der Waals surface area (Å²) in [6.07, 6.45) is -0.275. The zero-order chi connectivity index (χ0) is 18.2. The van der Waals surface area contributed by atoms with Crippen molar-refractivity contribution in [2.45, 2.75) is 13.0 Å². The normalized spacial score (nSPS) is 11.3. The molecule has 0 aliphatic carbocycles. The number of carbonyl (C=O) groups excluding carboxylic acids is 3. The summed E-state index contributed by atoms with van der Waals surface area (Å²) in [6.45, 7) is 1.11. The monoisotopic (exact) mass is 361 g/mol. The lowest BCUT2D eigenvalue weighted by Gasteiger charge is -2.14. The molecular weight excluding hydrogens is 346 g/mol. The molecule has 2 aromatic carbocycles. The number of amides is 1.